The second-order valence-electron chi connectivity index (χ2n) is 24.4. The number of carboxylic acid groups (broad SMARTS) is 1. The number of carbonyl (C=O) groups excluding carboxylic acids is 4. The predicted octanol–water partition coefficient (Wildman–Crippen LogP) is 5.74. The molecule has 0 aromatic carbocycles. The molecule has 64 heavy (non-hydrogen) atoms. The summed E-state index contributed by atoms with van der Waals surface area (Å²) in [5.41, 5.74) is -0.515. The number of aliphatic hydroxyl groups excluding tert-OH is 1. The first-order valence-electron chi connectivity index (χ1n) is 25.2. The number of fused-ring (bicyclic) bond motifs is 27. The average molecular weight is 923 g/mol. The maximum atomic E-state index is 13.7. The van der Waals surface area contributed by atoms with E-state index in [1.165, 1.54) is 0 Å². The minimum absolute atomic E-state index is 0.0216. The SMILES string of the molecule is CC1C(=O)OC(=O)C1CC1C(CC2C(CC3C(C)C4OC3C3C5CC(CC5C(=O)OC(C)(C)C)C43)C3OC2C2C4CC(CC4C(=O)OCCO)C32)C2SC1C1C3SC(CC3C(=O)O)C21. The number of hydrogen-bond donors (Lipinski definition) is 2. The molecule has 29 unspecified atom stereocenters. The Morgan fingerprint density at radius 3 is 1.89 bits per heavy atom. The van der Waals surface area contributed by atoms with Crippen molar-refractivity contribution in [2.75, 3.05) is 13.2 Å². The number of hydrogen-bond acceptors (Lipinski definition) is 13. The topological polar surface area (TPSA) is 172 Å². The van der Waals surface area contributed by atoms with E-state index >= 15 is 0 Å². The molecule has 350 valence electrons. The van der Waals surface area contributed by atoms with Gasteiger partial charge in [0.15, 0.2) is 0 Å². The van der Waals surface area contributed by atoms with Gasteiger partial charge in [-0.05, 0) is 167 Å². The van der Waals surface area contributed by atoms with Crippen molar-refractivity contribution >= 4 is 53.4 Å². The van der Waals surface area contributed by atoms with Crippen LogP contribution in [-0.4, -0.2) is 104 Å². The van der Waals surface area contributed by atoms with E-state index < -0.39 is 35.3 Å². The number of ether oxygens (including phenoxy) is 5. The summed E-state index contributed by atoms with van der Waals surface area (Å²) in [6, 6.07) is 0. The average Bonchev–Trinajstić information content (AvgIpc) is 4.07. The number of cyclic esters (lactones) is 2. The van der Waals surface area contributed by atoms with Gasteiger partial charge in [-0.3, -0.25) is 24.0 Å². The Morgan fingerprint density at radius 2 is 1.25 bits per heavy atom. The van der Waals surface area contributed by atoms with Gasteiger partial charge in [0.2, 0.25) is 0 Å². The highest BCUT2D eigenvalue weighted by Crippen LogP contribution is 2.75. The molecule has 0 radical (unpaired) electrons. The highest BCUT2D eigenvalue weighted by atomic mass is 32.2. The molecule has 9 aliphatic heterocycles. The van der Waals surface area contributed by atoms with Crippen LogP contribution in [0.2, 0.25) is 0 Å². The fourth-order valence-corrected chi connectivity index (χ4v) is 24.2. The Morgan fingerprint density at radius 1 is 0.656 bits per heavy atom. The fraction of sp³-hybridized carbons (Fsp3) is 0.900. The van der Waals surface area contributed by atoms with Crippen molar-refractivity contribution in [3.05, 3.63) is 0 Å². The zero-order valence-corrected chi connectivity index (χ0v) is 39.2. The molecule has 12 bridgehead atoms. The number of carboxylic acids is 1. The highest BCUT2D eigenvalue weighted by molar-refractivity contribution is 8.03. The third kappa shape index (κ3) is 5.76. The molecule has 2 N–H and O–H groups in total. The van der Waals surface area contributed by atoms with Gasteiger partial charge >= 0.3 is 29.8 Å². The van der Waals surface area contributed by atoms with E-state index in [2.05, 4.69) is 18.7 Å². The van der Waals surface area contributed by atoms with Crippen molar-refractivity contribution in [2.24, 2.45) is 124 Å². The molecule has 0 spiro atoms. The quantitative estimate of drug-likeness (QED) is 0.146. The predicted molar refractivity (Wildman–Crippen MR) is 232 cm³/mol. The molecule has 9 saturated heterocycles. The van der Waals surface area contributed by atoms with E-state index in [0.29, 0.717) is 87.9 Å². The van der Waals surface area contributed by atoms with Gasteiger partial charge in [-0.1, -0.05) is 13.8 Å². The molecule has 0 aromatic heterocycles. The van der Waals surface area contributed by atoms with Crippen LogP contribution in [0, 0.1) is 124 Å². The zero-order chi connectivity index (χ0) is 44.2. The molecular weight excluding hydrogens is 857 g/mol. The monoisotopic (exact) mass is 922 g/mol. The molecule has 9 heterocycles. The molecule has 13 fully saturated rings. The van der Waals surface area contributed by atoms with Crippen LogP contribution in [0.4, 0.5) is 0 Å². The van der Waals surface area contributed by atoms with Crippen LogP contribution in [0.5, 0.6) is 0 Å². The van der Waals surface area contributed by atoms with Crippen molar-refractivity contribution in [1.82, 2.24) is 0 Å². The largest absolute Gasteiger partial charge is 0.481 e. The van der Waals surface area contributed by atoms with Gasteiger partial charge in [0.25, 0.3) is 0 Å². The number of rotatable bonds is 11. The number of aliphatic hydroxyl groups is 1. The van der Waals surface area contributed by atoms with Crippen LogP contribution < -0.4 is 0 Å². The van der Waals surface area contributed by atoms with Gasteiger partial charge in [0.05, 0.1) is 60.6 Å². The summed E-state index contributed by atoms with van der Waals surface area (Å²) in [5.74, 6) is 2.29. The molecular formula is C50H66O12S2. The van der Waals surface area contributed by atoms with Crippen LogP contribution in [0.15, 0.2) is 0 Å². The van der Waals surface area contributed by atoms with Gasteiger partial charge in [-0.2, -0.15) is 23.5 Å². The lowest BCUT2D eigenvalue weighted by atomic mass is 9.54. The second kappa shape index (κ2) is 14.6. The molecule has 29 atom stereocenters. The Labute approximate surface area is 384 Å². The Bertz CT molecular complexity index is 2020. The van der Waals surface area contributed by atoms with Crippen molar-refractivity contribution < 1.29 is 57.9 Å². The van der Waals surface area contributed by atoms with E-state index in [0.717, 1.165) is 44.9 Å². The number of carbonyl (C=O) groups is 5. The van der Waals surface area contributed by atoms with Crippen LogP contribution in [0.25, 0.3) is 0 Å². The van der Waals surface area contributed by atoms with Crippen molar-refractivity contribution in [3.63, 3.8) is 0 Å². The van der Waals surface area contributed by atoms with E-state index in [1.807, 2.05) is 39.5 Å². The van der Waals surface area contributed by atoms with Crippen LogP contribution in [-0.2, 0) is 47.7 Å². The molecule has 4 aliphatic carbocycles. The number of esters is 4. The first-order valence-corrected chi connectivity index (χ1v) is 27.1. The van der Waals surface area contributed by atoms with Crippen molar-refractivity contribution in [1.29, 1.82) is 0 Å². The Hall–Kier alpha value is -1.87. The van der Waals surface area contributed by atoms with Gasteiger partial charge in [0, 0.05) is 21.0 Å². The van der Waals surface area contributed by atoms with E-state index in [-0.39, 0.29) is 101 Å². The van der Waals surface area contributed by atoms with Crippen LogP contribution in [0.1, 0.15) is 86.0 Å². The molecule has 0 amide bonds. The van der Waals surface area contributed by atoms with Crippen molar-refractivity contribution in [3.8, 4) is 0 Å². The number of thioether (sulfide) groups is 2. The lowest BCUT2D eigenvalue weighted by Crippen LogP contribution is -2.52. The van der Waals surface area contributed by atoms with Gasteiger partial charge in [-0.15, -0.1) is 0 Å². The second-order valence-corrected chi connectivity index (χ2v) is 27.2. The maximum absolute atomic E-state index is 13.7. The van der Waals surface area contributed by atoms with Crippen LogP contribution >= 0.6 is 23.5 Å². The molecule has 13 rings (SSSR count). The zero-order valence-electron chi connectivity index (χ0n) is 37.6. The van der Waals surface area contributed by atoms with Gasteiger partial charge < -0.3 is 33.9 Å². The Balaban J connectivity index is 0.823. The van der Waals surface area contributed by atoms with Crippen LogP contribution in [0.3, 0.4) is 0 Å². The maximum Gasteiger partial charge on any atom is 0.317 e. The highest BCUT2D eigenvalue weighted by Gasteiger charge is 2.75. The number of aliphatic carboxylic acids is 1. The molecule has 0 aromatic rings. The normalized spacial score (nSPS) is 56.9. The summed E-state index contributed by atoms with van der Waals surface area (Å²) in [4.78, 5) is 65.8. The minimum atomic E-state index is -0.685. The van der Waals surface area contributed by atoms with Crippen molar-refractivity contribution in [2.45, 2.75) is 137 Å². The minimum Gasteiger partial charge on any atom is -0.481 e. The molecule has 13 aliphatic rings. The summed E-state index contributed by atoms with van der Waals surface area (Å²) in [6.07, 6.45) is 7.66. The van der Waals surface area contributed by atoms with E-state index in [4.69, 9.17) is 23.7 Å². The van der Waals surface area contributed by atoms with Gasteiger partial charge in [-0.25, -0.2) is 0 Å². The summed E-state index contributed by atoms with van der Waals surface area (Å²) in [5, 5.41) is 20.8. The summed E-state index contributed by atoms with van der Waals surface area (Å²) in [7, 11) is 0. The fourth-order valence-electron chi connectivity index (χ4n) is 19.3. The standard InChI is InChI=1S/C50H66O12S2/c1-16-20(39-34-23-8-18(32(34)38(16)59-39)11-29(23)49(57)62-50(3,4)5)12-24-25(41-35-22-9-19(33(35)40(24)60-41)10-28(22)47(55)58-7-6-51)14-27-26(13-21-17(2)46(54)61-48(21)56)43-37-36(42(27)64-43)31-15-30(45(52)53)44(37)63-31/h16-44,51H,6-15H2,1-5H3,(H,52,53). The Kier molecular flexibility index (Phi) is 9.62. The van der Waals surface area contributed by atoms with Gasteiger partial charge in [0.1, 0.15) is 12.2 Å². The van der Waals surface area contributed by atoms with E-state index in [9.17, 15) is 34.2 Å². The lowest BCUT2D eigenvalue weighted by molar-refractivity contribution is -0.163. The third-order valence-electron chi connectivity index (χ3n) is 21.1. The third-order valence-corrected chi connectivity index (χ3v) is 24.9. The summed E-state index contributed by atoms with van der Waals surface area (Å²) >= 11 is 4.00. The summed E-state index contributed by atoms with van der Waals surface area (Å²) in [6.45, 7) is 9.98. The first kappa shape index (κ1) is 42.2. The molecule has 14 heteroatoms. The molecule has 12 nitrogen and oxygen atoms in total. The first-order chi connectivity index (χ1) is 30.6. The lowest BCUT2D eigenvalue weighted by Gasteiger charge is -2.48. The molecule has 4 saturated carbocycles. The summed E-state index contributed by atoms with van der Waals surface area (Å²) < 4.78 is 31.4. The smallest absolute Gasteiger partial charge is 0.317 e. The van der Waals surface area contributed by atoms with E-state index in [1.54, 1.807) is 0 Å².